The third-order valence-corrected chi connectivity index (χ3v) is 3.66. The SMILES string of the molecule is OC[C@H](Cl)[C@H](Cl)c1ccc2ccccc2c1. The maximum atomic E-state index is 8.96. The minimum Gasteiger partial charge on any atom is -0.395 e. The molecule has 0 bridgehead atoms. The van der Waals surface area contributed by atoms with Gasteiger partial charge in [-0.05, 0) is 22.4 Å². The highest BCUT2D eigenvalue weighted by molar-refractivity contribution is 6.30. The summed E-state index contributed by atoms with van der Waals surface area (Å²) in [5.41, 5.74) is 0.939. The van der Waals surface area contributed by atoms with Gasteiger partial charge in [-0.25, -0.2) is 0 Å². The third-order valence-electron chi connectivity index (χ3n) is 2.58. The Labute approximate surface area is 105 Å². The van der Waals surface area contributed by atoms with Gasteiger partial charge < -0.3 is 5.11 Å². The maximum absolute atomic E-state index is 8.96. The average molecular weight is 255 g/mol. The van der Waals surface area contributed by atoms with E-state index in [0.29, 0.717) is 0 Å². The molecule has 0 saturated carbocycles. The van der Waals surface area contributed by atoms with Crippen LogP contribution in [0.25, 0.3) is 10.8 Å². The zero-order valence-electron chi connectivity index (χ0n) is 8.61. The molecule has 1 N–H and O–H groups in total. The molecule has 84 valence electrons. The smallest absolute Gasteiger partial charge is 0.0771 e. The van der Waals surface area contributed by atoms with E-state index in [4.69, 9.17) is 28.3 Å². The second-order valence-corrected chi connectivity index (χ2v) is 4.74. The van der Waals surface area contributed by atoms with E-state index >= 15 is 0 Å². The molecule has 2 aromatic carbocycles. The van der Waals surface area contributed by atoms with Crippen molar-refractivity contribution in [1.82, 2.24) is 0 Å². The first kappa shape index (κ1) is 11.7. The van der Waals surface area contributed by atoms with E-state index in [2.05, 4.69) is 0 Å². The van der Waals surface area contributed by atoms with E-state index in [1.54, 1.807) is 0 Å². The van der Waals surface area contributed by atoms with Crippen LogP contribution in [0.2, 0.25) is 0 Å². The Kier molecular flexibility index (Phi) is 3.70. The predicted molar refractivity (Wildman–Crippen MR) is 69.3 cm³/mol. The van der Waals surface area contributed by atoms with E-state index in [0.717, 1.165) is 10.9 Å². The molecule has 0 heterocycles. The van der Waals surface area contributed by atoms with Crippen molar-refractivity contribution in [2.45, 2.75) is 10.8 Å². The Morgan fingerprint density at radius 2 is 1.69 bits per heavy atom. The molecule has 2 rings (SSSR count). The second-order valence-electron chi connectivity index (χ2n) is 3.71. The van der Waals surface area contributed by atoms with Gasteiger partial charge in [0.15, 0.2) is 0 Å². The van der Waals surface area contributed by atoms with Crippen molar-refractivity contribution in [2.24, 2.45) is 0 Å². The Bertz CT molecular complexity index is 484. The van der Waals surface area contributed by atoms with E-state index in [1.165, 1.54) is 5.39 Å². The number of halogens is 2. The number of hydrogen-bond donors (Lipinski definition) is 1. The summed E-state index contributed by atoms with van der Waals surface area (Å²) in [5, 5.41) is 10.4. The van der Waals surface area contributed by atoms with Crippen molar-refractivity contribution >= 4 is 34.0 Å². The molecular weight excluding hydrogens is 243 g/mol. The molecule has 2 atom stereocenters. The van der Waals surface area contributed by atoms with Crippen LogP contribution >= 0.6 is 23.2 Å². The molecule has 0 fully saturated rings. The minimum atomic E-state index is -0.456. The second kappa shape index (κ2) is 5.05. The molecule has 1 nitrogen and oxygen atoms in total. The van der Waals surface area contributed by atoms with E-state index in [9.17, 15) is 0 Å². The molecular formula is C13H12Cl2O. The topological polar surface area (TPSA) is 20.2 Å². The number of hydrogen-bond acceptors (Lipinski definition) is 1. The van der Waals surface area contributed by atoms with Crippen LogP contribution in [0.3, 0.4) is 0 Å². The van der Waals surface area contributed by atoms with Crippen LogP contribution in [-0.4, -0.2) is 17.1 Å². The van der Waals surface area contributed by atoms with E-state index < -0.39 is 5.38 Å². The van der Waals surface area contributed by atoms with Crippen molar-refractivity contribution in [3.63, 3.8) is 0 Å². The van der Waals surface area contributed by atoms with Crippen LogP contribution in [0, 0.1) is 0 Å². The summed E-state index contributed by atoms with van der Waals surface area (Å²) in [5.74, 6) is 0. The third kappa shape index (κ3) is 2.32. The highest BCUT2D eigenvalue weighted by Gasteiger charge is 2.17. The number of fused-ring (bicyclic) bond motifs is 1. The number of rotatable bonds is 3. The van der Waals surface area contributed by atoms with Gasteiger partial charge in [0.05, 0.1) is 17.4 Å². The fraction of sp³-hybridized carbons (Fsp3) is 0.231. The van der Waals surface area contributed by atoms with Crippen LogP contribution in [0.15, 0.2) is 42.5 Å². The van der Waals surface area contributed by atoms with Crippen LogP contribution in [0.5, 0.6) is 0 Å². The summed E-state index contributed by atoms with van der Waals surface area (Å²) in [6.45, 7) is -0.122. The molecule has 0 aromatic heterocycles. The largest absolute Gasteiger partial charge is 0.395 e. The van der Waals surface area contributed by atoms with E-state index in [-0.39, 0.29) is 12.0 Å². The summed E-state index contributed by atoms with van der Waals surface area (Å²) < 4.78 is 0. The van der Waals surface area contributed by atoms with Crippen LogP contribution in [0.4, 0.5) is 0 Å². The molecule has 0 unspecified atom stereocenters. The first-order chi connectivity index (χ1) is 7.72. The minimum absolute atomic E-state index is 0.122. The highest BCUT2D eigenvalue weighted by atomic mass is 35.5. The van der Waals surface area contributed by atoms with Gasteiger partial charge in [-0.2, -0.15) is 0 Å². The van der Waals surface area contributed by atoms with Gasteiger partial charge in [0, 0.05) is 0 Å². The molecule has 0 amide bonds. The van der Waals surface area contributed by atoms with Crippen molar-refractivity contribution in [1.29, 1.82) is 0 Å². The normalized spacial score (nSPS) is 14.9. The van der Waals surface area contributed by atoms with Crippen molar-refractivity contribution in [3.05, 3.63) is 48.0 Å². The number of aliphatic hydroxyl groups excluding tert-OH is 1. The van der Waals surface area contributed by atoms with Crippen LogP contribution in [0.1, 0.15) is 10.9 Å². The van der Waals surface area contributed by atoms with Gasteiger partial charge in [-0.15, -0.1) is 23.2 Å². The number of alkyl halides is 2. The molecule has 0 radical (unpaired) electrons. The van der Waals surface area contributed by atoms with Crippen molar-refractivity contribution in [3.8, 4) is 0 Å². The van der Waals surface area contributed by atoms with Gasteiger partial charge in [-0.3, -0.25) is 0 Å². The highest BCUT2D eigenvalue weighted by Crippen LogP contribution is 2.29. The molecule has 3 heteroatoms. The van der Waals surface area contributed by atoms with Crippen molar-refractivity contribution < 1.29 is 5.11 Å². The zero-order chi connectivity index (χ0) is 11.5. The van der Waals surface area contributed by atoms with Gasteiger partial charge >= 0.3 is 0 Å². The lowest BCUT2D eigenvalue weighted by atomic mass is 10.0. The Morgan fingerprint density at radius 3 is 2.38 bits per heavy atom. The fourth-order valence-electron chi connectivity index (χ4n) is 1.68. The summed E-state index contributed by atoms with van der Waals surface area (Å²) in [6, 6.07) is 14.0. The van der Waals surface area contributed by atoms with Crippen molar-refractivity contribution in [2.75, 3.05) is 6.61 Å². The molecule has 0 saturated heterocycles. The Balaban J connectivity index is 2.39. The standard InChI is InChI=1S/C13H12Cl2O/c14-12(8-16)13(15)11-6-5-9-3-1-2-4-10(9)7-11/h1-7,12-13,16H,8H2/t12-,13+/m0/s1. The zero-order valence-corrected chi connectivity index (χ0v) is 10.1. The lowest BCUT2D eigenvalue weighted by Crippen LogP contribution is -2.11. The van der Waals surface area contributed by atoms with Gasteiger partial charge in [0.2, 0.25) is 0 Å². The summed E-state index contributed by atoms with van der Waals surface area (Å²) >= 11 is 12.1. The number of benzene rings is 2. The Hall–Kier alpha value is -0.760. The summed E-state index contributed by atoms with van der Waals surface area (Å²) in [7, 11) is 0. The monoisotopic (exact) mass is 254 g/mol. The first-order valence-electron chi connectivity index (χ1n) is 5.10. The van der Waals surface area contributed by atoms with Gasteiger partial charge in [0.1, 0.15) is 0 Å². The predicted octanol–water partition coefficient (Wildman–Crippen LogP) is 3.72. The quantitative estimate of drug-likeness (QED) is 0.829. The molecule has 0 spiro atoms. The molecule has 2 aromatic rings. The molecule has 0 aliphatic rings. The average Bonchev–Trinajstić information content (AvgIpc) is 2.36. The lowest BCUT2D eigenvalue weighted by molar-refractivity contribution is 0.290. The van der Waals surface area contributed by atoms with Gasteiger partial charge in [0.25, 0.3) is 0 Å². The summed E-state index contributed by atoms with van der Waals surface area (Å²) in [4.78, 5) is 0. The van der Waals surface area contributed by atoms with Crippen LogP contribution < -0.4 is 0 Å². The maximum Gasteiger partial charge on any atom is 0.0771 e. The molecule has 0 aliphatic carbocycles. The first-order valence-corrected chi connectivity index (χ1v) is 5.97. The lowest BCUT2D eigenvalue weighted by Gasteiger charge is -2.14. The van der Waals surface area contributed by atoms with Crippen LogP contribution in [-0.2, 0) is 0 Å². The fourth-order valence-corrected chi connectivity index (χ4v) is 2.04. The van der Waals surface area contributed by atoms with E-state index in [1.807, 2.05) is 42.5 Å². The molecule has 16 heavy (non-hydrogen) atoms. The summed E-state index contributed by atoms with van der Waals surface area (Å²) in [6.07, 6.45) is 0. The van der Waals surface area contributed by atoms with Gasteiger partial charge in [-0.1, -0.05) is 36.4 Å². The Morgan fingerprint density at radius 1 is 1.00 bits per heavy atom. The number of aliphatic hydroxyl groups is 1. The molecule has 0 aliphatic heterocycles.